The molecule has 0 bridgehead atoms. The van der Waals surface area contributed by atoms with Gasteiger partial charge in [-0.05, 0) is 25.0 Å². The van der Waals surface area contributed by atoms with Crippen molar-refractivity contribution in [3.63, 3.8) is 0 Å². The third-order valence-corrected chi connectivity index (χ3v) is 4.14. The first kappa shape index (κ1) is 14.5. The number of ether oxygens (including phenoxy) is 1. The van der Waals surface area contributed by atoms with Gasteiger partial charge in [-0.25, -0.2) is 0 Å². The van der Waals surface area contributed by atoms with Gasteiger partial charge in [0.05, 0.1) is 11.8 Å². The molecule has 112 valence electrons. The lowest BCUT2D eigenvalue weighted by atomic mass is 10.0. The minimum Gasteiger partial charge on any atom is -0.382 e. The fourth-order valence-corrected chi connectivity index (χ4v) is 2.89. The van der Waals surface area contributed by atoms with Crippen molar-refractivity contribution >= 4 is 27.5 Å². The predicted octanol–water partition coefficient (Wildman–Crippen LogP) is 2.24. The molecule has 3 rings (SSSR count). The van der Waals surface area contributed by atoms with Gasteiger partial charge in [0.25, 0.3) is 5.91 Å². The summed E-state index contributed by atoms with van der Waals surface area (Å²) in [4.78, 5) is 17.3. The molecule has 2 aliphatic rings. The number of hydrogen-bond acceptors (Lipinski definition) is 4. The van der Waals surface area contributed by atoms with Crippen LogP contribution in [-0.4, -0.2) is 37.0 Å². The first-order chi connectivity index (χ1) is 10.2. The fourth-order valence-electron chi connectivity index (χ4n) is 2.49. The van der Waals surface area contributed by atoms with Gasteiger partial charge in [-0.3, -0.25) is 4.79 Å². The Hall–Kier alpha value is -1.40. The molecular weight excluding hydrogens is 336 g/mol. The van der Waals surface area contributed by atoms with Crippen molar-refractivity contribution in [2.75, 3.05) is 13.2 Å². The Kier molecular flexibility index (Phi) is 4.55. The van der Waals surface area contributed by atoms with Crippen LogP contribution in [0, 0.1) is 0 Å². The topological polar surface area (TPSA) is 59.9 Å². The molecule has 0 spiro atoms. The molecule has 0 aromatic heterocycles. The maximum absolute atomic E-state index is 12.1. The van der Waals surface area contributed by atoms with Crippen LogP contribution >= 0.6 is 15.9 Å². The van der Waals surface area contributed by atoms with E-state index < -0.39 is 6.10 Å². The van der Waals surface area contributed by atoms with Crippen molar-refractivity contribution in [3.8, 4) is 0 Å². The molecule has 1 fully saturated rings. The van der Waals surface area contributed by atoms with E-state index in [0.29, 0.717) is 13.0 Å². The number of benzene rings is 1. The molecule has 2 heterocycles. The molecule has 1 aromatic rings. The Morgan fingerprint density at radius 1 is 1.48 bits per heavy atom. The summed E-state index contributed by atoms with van der Waals surface area (Å²) in [7, 11) is 0. The van der Waals surface area contributed by atoms with Crippen LogP contribution in [0.1, 0.15) is 24.8 Å². The van der Waals surface area contributed by atoms with Crippen molar-refractivity contribution in [3.05, 3.63) is 34.3 Å². The number of oxime groups is 1. The monoisotopic (exact) mass is 352 g/mol. The van der Waals surface area contributed by atoms with Gasteiger partial charge in [0.1, 0.15) is 0 Å². The molecule has 2 aliphatic heterocycles. The van der Waals surface area contributed by atoms with Crippen LogP contribution in [0.4, 0.5) is 0 Å². The molecule has 0 unspecified atom stereocenters. The zero-order chi connectivity index (χ0) is 14.7. The number of nitrogens with zero attached hydrogens (tertiary/aromatic N) is 1. The number of rotatable bonds is 4. The zero-order valence-electron chi connectivity index (χ0n) is 11.5. The first-order valence-electron chi connectivity index (χ1n) is 7.10. The molecule has 2 atom stereocenters. The summed E-state index contributed by atoms with van der Waals surface area (Å²) in [5.41, 5.74) is 1.77. The maximum atomic E-state index is 12.1. The number of amides is 1. The average Bonchev–Trinajstić information content (AvgIpc) is 3.16. The van der Waals surface area contributed by atoms with Gasteiger partial charge in [0, 0.05) is 29.6 Å². The van der Waals surface area contributed by atoms with Crippen molar-refractivity contribution in [1.29, 1.82) is 0 Å². The second kappa shape index (κ2) is 6.58. The van der Waals surface area contributed by atoms with Gasteiger partial charge in [0.15, 0.2) is 0 Å². The molecule has 6 heteroatoms. The number of hydrogen-bond donors (Lipinski definition) is 1. The Labute approximate surface area is 131 Å². The number of halogens is 1. The fraction of sp³-hybridized carbons (Fsp3) is 0.467. The maximum Gasteiger partial charge on any atom is 0.264 e. The van der Waals surface area contributed by atoms with Gasteiger partial charge in [0.2, 0.25) is 6.10 Å². The number of nitrogens with one attached hydrogen (secondary N) is 1. The van der Waals surface area contributed by atoms with Crippen molar-refractivity contribution in [1.82, 2.24) is 5.32 Å². The van der Waals surface area contributed by atoms with Crippen molar-refractivity contribution < 1.29 is 14.4 Å². The molecule has 1 amide bonds. The van der Waals surface area contributed by atoms with E-state index in [0.717, 1.165) is 35.2 Å². The van der Waals surface area contributed by atoms with Crippen LogP contribution in [0.2, 0.25) is 0 Å². The zero-order valence-corrected chi connectivity index (χ0v) is 13.1. The minimum atomic E-state index is -0.541. The Morgan fingerprint density at radius 2 is 2.38 bits per heavy atom. The standard InChI is InChI=1S/C15H17BrN2O3/c16-11-4-1-3-10(7-11)13-8-14(21-18-13)15(19)17-9-12-5-2-6-20-12/h1,3-4,7,12,14H,2,5-6,8-9H2,(H,17,19)/t12-,14+/m0/s1. The number of carbonyl (C=O) groups excluding carboxylic acids is 1. The first-order valence-corrected chi connectivity index (χ1v) is 7.89. The largest absolute Gasteiger partial charge is 0.382 e. The van der Waals surface area contributed by atoms with Crippen LogP contribution in [0.5, 0.6) is 0 Å². The molecule has 21 heavy (non-hydrogen) atoms. The molecular formula is C15H17BrN2O3. The van der Waals surface area contributed by atoms with E-state index in [4.69, 9.17) is 9.57 Å². The normalized spacial score (nSPS) is 24.5. The quantitative estimate of drug-likeness (QED) is 0.903. The molecule has 1 aromatic carbocycles. The summed E-state index contributed by atoms with van der Waals surface area (Å²) in [5.74, 6) is -0.126. The van der Waals surface area contributed by atoms with E-state index >= 15 is 0 Å². The second-order valence-electron chi connectivity index (χ2n) is 5.23. The number of carbonyl (C=O) groups is 1. The Balaban J connectivity index is 1.52. The summed E-state index contributed by atoms with van der Waals surface area (Å²) < 4.78 is 6.46. The molecule has 1 N–H and O–H groups in total. The highest BCUT2D eigenvalue weighted by Gasteiger charge is 2.29. The lowest BCUT2D eigenvalue weighted by molar-refractivity contribution is -0.131. The van der Waals surface area contributed by atoms with Crippen LogP contribution < -0.4 is 5.32 Å². The highest BCUT2D eigenvalue weighted by atomic mass is 79.9. The van der Waals surface area contributed by atoms with Crippen molar-refractivity contribution in [2.45, 2.75) is 31.5 Å². The van der Waals surface area contributed by atoms with E-state index in [-0.39, 0.29) is 12.0 Å². The van der Waals surface area contributed by atoms with E-state index in [9.17, 15) is 4.79 Å². The molecule has 0 saturated carbocycles. The third kappa shape index (κ3) is 3.63. The van der Waals surface area contributed by atoms with Gasteiger partial charge in [-0.2, -0.15) is 0 Å². The summed E-state index contributed by atoms with van der Waals surface area (Å²) in [6, 6.07) is 7.81. The smallest absolute Gasteiger partial charge is 0.264 e. The van der Waals surface area contributed by atoms with Gasteiger partial charge >= 0.3 is 0 Å². The van der Waals surface area contributed by atoms with E-state index in [1.54, 1.807) is 0 Å². The average molecular weight is 353 g/mol. The second-order valence-corrected chi connectivity index (χ2v) is 6.14. The highest BCUT2D eigenvalue weighted by molar-refractivity contribution is 9.10. The summed E-state index contributed by atoms with van der Waals surface area (Å²) in [5, 5.41) is 6.91. The Morgan fingerprint density at radius 3 is 3.14 bits per heavy atom. The van der Waals surface area contributed by atoms with Gasteiger partial charge in [-0.15, -0.1) is 0 Å². The lowest BCUT2D eigenvalue weighted by Crippen LogP contribution is -2.39. The van der Waals surface area contributed by atoms with Crippen molar-refractivity contribution in [2.24, 2.45) is 5.16 Å². The SMILES string of the molecule is O=C(NC[C@@H]1CCCO1)[C@H]1CC(c2cccc(Br)c2)=NO1. The van der Waals surface area contributed by atoms with Crippen LogP contribution in [0.15, 0.2) is 33.9 Å². The lowest BCUT2D eigenvalue weighted by Gasteiger charge is -2.13. The van der Waals surface area contributed by atoms with Crippen LogP contribution in [0.3, 0.4) is 0 Å². The third-order valence-electron chi connectivity index (χ3n) is 3.65. The summed E-state index contributed by atoms with van der Waals surface area (Å²) in [6.07, 6.45) is 2.16. The molecule has 0 aliphatic carbocycles. The van der Waals surface area contributed by atoms with Crippen LogP contribution in [-0.2, 0) is 14.4 Å². The van der Waals surface area contributed by atoms with E-state index in [1.165, 1.54) is 0 Å². The van der Waals surface area contributed by atoms with E-state index in [2.05, 4.69) is 26.4 Å². The molecule has 0 radical (unpaired) electrons. The Bertz CT molecular complexity index is 556. The predicted molar refractivity (Wildman–Crippen MR) is 82.2 cm³/mol. The minimum absolute atomic E-state index is 0.126. The highest BCUT2D eigenvalue weighted by Crippen LogP contribution is 2.20. The van der Waals surface area contributed by atoms with Gasteiger partial charge < -0.3 is 14.9 Å². The summed E-state index contributed by atoms with van der Waals surface area (Å²) >= 11 is 3.43. The van der Waals surface area contributed by atoms with Gasteiger partial charge in [-0.1, -0.05) is 33.2 Å². The summed E-state index contributed by atoms with van der Waals surface area (Å²) in [6.45, 7) is 1.33. The molecule has 1 saturated heterocycles. The van der Waals surface area contributed by atoms with E-state index in [1.807, 2.05) is 24.3 Å². The molecule has 5 nitrogen and oxygen atoms in total. The van der Waals surface area contributed by atoms with Crippen LogP contribution in [0.25, 0.3) is 0 Å².